The molecule has 1 aromatic heterocycles. The Kier molecular flexibility index (Phi) is 6.71. The van der Waals surface area contributed by atoms with Crippen molar-refractivity contribution >= 4 is 15.9 Å². The van der Waals surface area contributed by atoms with Gasteiger partial charge in [-0.2, -0.15) is 13.1 Å². The van der Waals surface area contributed by atoms with Gasteiger partial charge in [-0.25, -0.2) is 13.4 Å². The van der Waals surface area contributed by atoms with Crippen LogP contribution >= 0.6 is 0 Å². The normalized spacial score (nSPS) is 16.0. The van der Waals surface area contributed by atoms with E-state index in [1.807, 2.05) is 0 Å². The van der Waals surface area contributed by atoms with E-state index in [0.29, 0.717) is 18.7 Å². The second-order valence-electron chi connectivity index (χ2n) is 7.16. The highest BCUT2D eigenvalue weighted by atomic mass is 32.2. The number of aryl methyl sites for hydroxylation is 2. The molecular formula is C19H24F2N4O4S. The molecule has 2 heterocycles. The van der Waals surface area contributed by atoms with Gasteiger partial charge in [-0.3, -0.25) is 4.79 Å². The summed E-state index contributed by atoms with van der Waals surface area (Å²) >= 11 is 0. The number of aromatic nitrogens is 2. The number of halogens is 2. The number of nitrogens with zero attached hydrogens (tertiary/aromatic N) is 3. The van der Waals surface area contributed by atoms with Gasteiger partial charge in [0.05, 0.1) is 0 Å². The van der Waals surface area contributed by atoms with Gasteiger partial charge in [0.15, 0.2) is 5.03 Å². The molecule has 1 fully saturated rings. The van der Waals surface area contributed by atoms with Crippen LogP contribution in [-0.2, 0) is 28.4 Å². The number of imidazole rings is 1. The van der Waals surface area contributed by atoms with Gasteiger partial charge >= 0.3 is 6.61 Å². The number of rotatable bonds is 7. The number of piperidine rings is 1. The van der Waals surface area contributed by atoms with Gasteiger partial charge in [0, 0.05) is 38.8 Å². The number of hydrogen-bond donors (Lipinski definition) is 1. The Morgan fingerprint density at radius 1 is 1.27 bits per heavy atom. The molecule has 8 nitrogen and oxygen atoms in total. The van der Waals surface area contributed by atoms with E-state index in [1.54, 1.807) is 30.7 Å². The SMILES string of the molecule is Cc1nc(S(=O)(=O)N2CCC(C(=O)NCc3ccc(OC(F)F)cc3)CC2)cn1C. The maximum atomic E-state index is 12.7. The van der Waals surface area contributed by atoms with Gasteiger partial charge < -0.3 is 14.6 Å². The van der Waals surface area contributed by atoms with Crippen LogP contribution in [0.5, 0.6) is 5.75 Å². The lowest BCUT2D eigenvalue weighted by molar-refractivity contribution is -0.126. The fraction of sp³-hybridized carbons (Fsp3) is 0.474. The first-order valence-electron chi connectivity index (χ1n) is 9.48. The molecule has 0 spiro atoms. The van der Waals surface area contributed by atoms with Crippen LogP contribution in [0.15, 0.2) is 35.5 Å². The minimum atomic E-state index is -3.68. The summed E-state index contributed by atoms with van der Waals surface area (Å²) < 4.78 is 57.1. The monoisotopic (exact) mass is 442 g/mol. The molecule has 1 aliphatic rings. The summed E-state index contributed by atoms with van der Waals surface area (Å²) in [4.78, 5) is 16.5. The zero-order valence-electron chi connectivity index (χ0n) is 16.7. The highest BCUT2D eigenvalue weighted by Crippen LogP contribution is 2.24. The topological polar surface area (TPSA) is 93.5 Å². The first-order chi connectivity index (χ1) is 14.2. The minimum Gasteiger partial charge on any atom is -0.435 e. The summed E-state index contributed by atoms with van der Waals surface area (Å²) in [6.45, 7) is -0.410. The molecule has 3 rings (SSSR count). The number of carbonyl (C=O) groups excluding carboxylic acids is 1. The van der Waals surface area contributed by atoms with Crippen LogP contribution in [0, 0.1) is 12.8 Å². The molecule has 1 saturated heterocycles. The van der Waals surface area contributed by atoms with Crippen LogP contribution in [0.3, 0.4) is 0 Å². The fourth-order valence-electron chi connectivity index (χ4n) is 3.26. The van der Waals surface area contributed by atoms with Crippen LogP contribution in [0.2, 0.25) is 0 Å². The van der Waals surface area contributed by atoms with Crippen molar-refractivity contribution in [3.05, 3.63) is 41.9 Å². The molecule has 1 N–H and O–H groups in total. The number of sulfonamides is 1. The van der Waals surface area contributed by atoms with Crippen LogP contribution in [-0.4, -0.2) is 47.9 Å². The Morgan fingerprint density at radius 3 is 2.43 bits per heavy atom. The van der Waals surface area contributed by atoms with E-state index < -0.39 is 16.6 Å². The Hall–Kier alpha value is -2.53. The molecule has 11 heteroatoms. The van der Waals surface area contributed by atoms with Gasteiger partial charge in [-0.05, 0) is 37.5 Å². The molecule has 164 valence electrons. The number of carbonyl (C=O) groups is 1. The molecule has 0 saturated carbocycles. The van der Waals surface area contributed by atoms with Crippen molar-refractivity contribution < 1.29 is 26.7 Å². The van der Waals surface area contributed by atoms with Crippen molar-refractivity contribution in [3.8, 4) is 5.75 Å². The molecule has 1 aromatic carbocycles. The highest BCUT2D eigenvalue weighted by molar-refractivity contribution is 7.89. The molecule has 0 bridgehead atoms. The van der Waals surface area contributed by atoms with Crippen molar-refractivity contribution in [1.82, 2.24) is 19.2 Å². The predicted octanol–water partition coefficient (Wildman–Crippen LogP) is 2.05. The standard InChI is InChI=1S/C19H24F2N4O4S/c1-13-23-17(12-24(13)2)30(27,28)25-9-7-15(8-10-25)18(26)22-11-14-3-5-16(6-4-14)29-19(20)21/h3-6,12,15,19H,7-11H2,1-2H3,(H,22,26). The summed E-state index contributed by atoms with van der Waals surface area (Å²) in [5.41, 5.74) is 0.746. The van der Waals surface area contributed by atoms with Crippen molar-refractivity contribution in [1.29, 1.82) is 0 Å². The summed E-state index contributed by atoms with van der Waals surface area (Å²) in [6.07, 6.45) is 2.32. The zero-order chi connectivity index (χ0) is 21.9. The molecule has 0 radical (unpaired) electrons. The fourth-order valence-corrected chi connectivity index (χ4v) is 4.76. The molecule has 1 amide bonds. The Labute approximate surface area is 173 Å². The molecule has 30 heavy (non-hydrogen) atoms. The van der Waals surface area contributed by atoms with E-state index in [2.05, 4.69) is 15.0 Å². The molecular weight excluding hydrogens is 418 g/mol. The van der Waals surface area contributed by atoms with Gasteiger partial charge in [0.1, 0.15) is 11.6 Å². The third-order valence-corrected chi connectivity index (χ3v) is 6.90. The van der Waals surface area contributed by atoms with E-state index in [4.69, 9.17) is 0 Å². The number of amides is 1. The van der Waals surface area contributed by atoms with Crippen molar-refractivity contribution in [3.63, 3.8) is 0 Å². The first kappa shape index (κ1) is 22.2. The Balaban J connectivity index is 1.50. The van der Waals surface area contributed by atoms with E-state index in [9.17, 15) is 22.0 Å². The van der Waals surface area contributed by atoms with Crippen LogP contribution in [0.4, 0.5) is 8.78 Å². The Morgan fingerprint density at radius 2 is 1.90 bits per heavy atom. The largest absolute Gasteiger partial charge is 0.435 e. The minimum absolute atomic E-state index is 0.0182. The maximum absolute atomic E-state index is 12.7. The summed E-state index contributed by atoms with van der Waals surface area (Å²) in [5.74, 6) is 0.213. The van der Waals surface area contributed by atoms with E-state index in [-0.39, 0.29) is 42.2 Å². The van der Waals surface area contributed by atoms with Gasteiger partial charge in [-0.1, -0.05) is 12.1 Å². The number of hydrogen-bond acceptors (Lipinski definition) is 5. The summed E-state index contributed by atoms with van der Waals surface area (Å²) in [5, 5.41) is 2.83. The first-order valence-corrected chi connectivity index (χ1v) is 10.9. The average Bonchev–Trinajstić information content (AvgIpc) is 3.06. The molecule has 1 aliphatic heterocycles. The molecule has 0 atom stereocenters. The number of alkyl halides is 2. The smallest absolute Gasteiger partial charge is 0.387 e. The Bertz CT molecular complexity index is 965. The second-order valence-corrected chi connectivity index (χ2v) is 9.04. The average molecular weight is 442 g/mol. The lowest BCUT2D eigenvalue weighted by Crippen LogP contribution is -2.43. The van der Waals surface area contributed by atoms with Gasteiger partial charge in [0.2, 0.25) is 5.91 Å². The number of ether oxygens (including phenoxy) is 1. The van der Waals surface area contributed by atoms with E-state index in [0.717, 1.165) is 5.56 Å². The third kappa shape index (κ3) is 5.14. The van der Waals surface area contributed by atoms with E-state index >= 15 is 0 Å². The summed E-state index contributed by atoms with van der Waals surface area (Å²) in [7, 11) is -1.94. The van der Waals surface area contributed by atoms with Crippen LogP contribution in [0.1, 0.15) is 24.2 Å². The lowest BCUT2D eigenvalue weighted by atomic mass is 9.97. The number of nitrogens with one attached hydrogen (secondary N) is 1. The quantitative estimate of drug-likeness (QED) is 0.708. The van der Waals surface area contributed by atoms with Crippen molar-refractivity contribution in [2.75, 3.05) is 13.1 Å². The summed E-state index contributed by atoms with van der Waals surface area (Å²) in [6, 6.07) is 6.02. The van der Waals surface area contributed by atoms with Gasteiger partial charge in [0.25, 0.3) is 10.0 Å². The number of benzene rings is 1. The van der Waals surface area contributed by atoms with Crippen LogP contribution in [0.25, 0.3) is 0 Å². The predicted molar refractivity (Wildman–Crippen MR) is 104 cm³/mol. The molecule has 0 aliphatic carbocycles. The molecule has 2 aromatic rings. The lowest BCUT2D eigenvalue weighted by Gasteiger charge is -2.29. The third-order valence-electron chi connectivity index (χ3n) is 5.13. The second kappa shape index (κ2) is 9.09. The maximum Gasteiger partial charge on any atom is 0.387 e. The van der Waals surface area contributed by atoms with Gasteiger partial charge in [-0.15, -0.1) is 0 Å². The zero-order valence-corrected chi connectivity index (χ0v) is 17.5. The van der Waals surface area contributed by atoms with Crippen molar-refractivity contribution in [2.24, 2.45) is 13.0 Å². The highest BCUT2D eigenvalue weighted by Gasteiger charge is 2.33. The van der Waals surface area contributed by atoms with Crippen LogP contribution < -0.4 is 10.1 Å². The molecule has 0 unspecified atom stereocenters. The van der Waals surface area contributed by atoms with Crippen molar-refractivity contribution in [2.45, 2.75) is 37.9 Å². The van der Waals surface area contributed by atoms with E-state index in [1.165, 1.54) is 22.6 Å².